The van der Waals surface area contributed by atoms with E-state index in [1.54, 1.807) is 0 Å². The molecule has 3 N–H and O–H groups in total. The summed E-state index contributed by atoms with van der Waals surface area (Å²) in [6, 6.07) is -1.76. The molecule has 0 spiro atoms. The minimum atomic E-state index is -1.19. The number of hydrogen-bond donors (Lipinski definition) is 3. The van der Waals surface area contributed by atoms with Crippen LogP contribution in [0.1, 0.15) is 26.2 Å². The highest BCUT2D eigenvalue weighted by atomic mass is 16.5. The average Bonchev–Trinajstić information content (AvgIpc) is 2.40. The number of aliphatic carboxylic acids is 1. The summed E-state index contributed by atoms with van der Waals surface area (Å²) in [5.74, 6) is -1.70. The van der Waals surface area contributed by atoms with Crippen molar-refractivity contribution in [3.63, 3.8) is 0 Å². The van der Waals surface area contributed by atoms with E-state index in [1.165, 1.54) is 7.11 Å². The fraction of sp³-hybridized carbons (Fsp3) is 0.769. The Hall–Kier alpha value is -1.83. The fourth-order valence-corrected chi connectivity index (χ4v) is 1.57. The smallest absolute Gasteiger partial charge is 0.326 e. The standard InChI is InChI=1S/C13H25N3O5/c1-9(7-8-16(2)3)14-13(20)15-10(12(18)19)5-6-11(17)21-4/h9-10H,5-8H2,1-4H3,(H,18,19)(H2,14,15,20)/t9?,10-/m1/s1. The largest absolute Gasteiger partial charge is 0.480 e. The van der Waals surface area contributed by atoms with Crippen molar-refractivity contribution in [1.82, 2.24) is 15.5 Å². The molecule has 0 saturated carbocycles. The van der Waals surface area contributed by atoms with Crippen molar-refractivity contribution >= 4 is 18.0 Å². The Morgan fingerprint density at radius 2 is 1.81 bits per heavy atom. The van der Waals surface area contributed by atoms with Gasteiger partial charge in [0, 0.05) is 12.5 Å². The number of carbonyl (C=O) groups is 3. The first-order chi connectivity index (χ1) is 9.76. The molecular formula is C13H25N3O5. The lowest BCUT2D eigenvalue weighted by Gasteiger charge is -2.19. The maximum Gasteiger partial charge on any atom is 0.326 e. The van der Waals surface area contributed by atoms with E-state index in [4.69, 9.17) is 5.11 Å². The second kappa shape index (κ2) is 9.98. The van der Waals surface area contributed by atoms with Crippen LogP contribution in [0.4, 0.5) is 4.79 Å². The number of methoxy groups -OCH3 is 1. The lowest BCUT2D eigenvalue weighted by Crippen LogP contribution is -2.48. The monoisotopic (exact) mass is 303 g/mol. The number of nitrogens with zero attached hydrogens (tertiary/aromatic N) is 1. The fourth-order valence-electron chi connectivity index (χ4n) is 1.57. The third-order valence-electron chi connectivity index (χ3n) is 2.86. The number of carbonyl (C=O) groups excluding carboxylic acids is 2. The zero-order valence-electron chi connectivity index (χ0n) is 13.0. The molecule has 0 rings (SSSR count). The molecule has 0 aliphatic carbocycles. The van der Waals surface area contributed by atoms with E-state index in [2.05, 4.69) is 15.4 Å². The third kappa shape index (κ3) is 9.67. The highest BCUT2D eigenvalue weighted by Crippen LogP contribution is 2.00. The Kier molecular flexibility index (Phi) is 9.11. The SMILES string of the molecule is COC(=O)CC[C@@H](NC(=O)NC(C)CCN(C)C)C(=O)O. The molecule has 0 aromatic heterocycles. The predicted octanol–water partition coefficient (Wildman–Crippen LogP) is 0.0322. The van der Waals surface area contributed by atoms with Gasteiger partial charge in [0.1, 0.15) is 6.04 Å². The number of amides is 2. The Bertz CT molecular complexity index is 360. The van der Waals surface area contributed by atoms with E-state index in [0.717, 1.165) is 13.0 Å². The van der Waals surface area contributed by atoms with Gasteiger partial charge in [-0.25, -0.2) is 9.59 Å². The summed E-state index contributed by atoms with van der Waals surface area (Å²) in [5.41, 5.74) is 0. The maximum absolute atomic E-state index is 11.7. The molecule has 1 unspecified atom stereocenters. The molecular weight excluding hydrogens is 278 g/mol. The minimum Gasteiger partial charge on any atom is -0.480 e. The molecule has 0 radical (unpaired) electrons. The van der Waals surface area contributed by atoms with Crippen molar-refractivity contribution in [2.75, 3.05) is 27.7 Å². The second-order valence-corrected chi connectivity index (χ2v) is 5.12. The Balaban J connectivity index is 4.22. The Morgan fingerprint density at radius 3 is 2.29 bits per heavy atom. The van der Waals surface area contributed by atoms with E-state index >= 15 is 0 Å². The molecule has 2 atom stereocenters. The van der Waals surface area contributed by atoms with Gasteiger partial charge in [0.05, 0.1) is 7.11 Å². The molecule has 2 amide bonds. The minimum absolute atomic E-state index is 0.0124. The number of esters is 1. The quantitative estimate of drug-likeness (QED) is 0.519. The molecule has 0 bridgehead atoms. The van der Waals surface area contributed by atoms with Crippen LogP contribution in [0.3, 0.4) is 0 Å². The number of rotatable bonds is 9. The lowest BCUT2D eigenvalue weighted by atomic mass is 10.1. The number of carboxylic acid groups (broad SMARTS) is 1. The number of ether oxygens (including phenoxy) is 1. The first-order valence-electron chi connectivity index (χ1n) is 6.77. The predicted molar refractivity (Wildman–Crippen MR) is 77.0 cm³/mol. The Labute approximate surface area is 124 Å². The molecule has 0 aromatic rings. The molecule has 0 heterocycles. The van der Waals surface area contributed by atoms with Gasteiger partial charge in [-0.05, 0) is 40.4 Å². The molecule has 0 aliphatic rings. The van der Waals surface area contributed by atoms with Gasteiger partial charge in [-0.2, -0.15) is 0 Å². The van der Waals surface area contributed by atoms with Crippen molar-refractivity contribution in [2.24, 2.45) is 0 Å². The van der Waals surface area contributed by atoms with E-state index in [-0.39, 0.29) is 18.9 Å². The first kappa shape index (κ1) is 19.2. The zero-order valence-corrected chi connectivity index (χ0v) is 13.0. The van der Waals surface area contributed by atoms with Crippen LogP contribution < -0.4 is 10.6 Å². The summed E-state index contributed by atoms with van der Waals surface area (Å²) in [6.07, 6.45) is 0.672. The normalized spacial score (nSPS) is 13.4. The van der Waals surface area contributed by atoms with Gasteiger partial charge >= 0.3 is 18.0 Å². The molecule has 8 heteroatoms. The molecule has 122 valence electrons. The van der Waals surface area contributed by atoms with Gasteiger partial charge < -0.3 is 25.4 Å². The van der Waals surface area contributed by atoms with Crippen LogP contribution in [0.2, 0.25) is 0 Å². The topological polar surface area (TPSA) is 108 Å². The van der Waals surface area contributed by atoms with Gasteiger partial charge in [0.25, 0.3) is 0 Å². The summed E-state index contributed by atoms with van der Waals surface area (Å²) >= 11 is 0. The molecule has 0 fully saturated rings. The Morgan fingerprint density at radius 1 is 1.19 bits per heavy atom. The number of urea groups is 1. The van der Waals surface area contributed by atoms with Crippen LogP contribution >= 0.6 is 0 Å². The van der Waals surface area contributed by atoms with Crippen molar-refractivity contribution in [3.8, 4) is 0 Å². The van der Waals surface area contributed by atoms with Gasteiger partial charge in [-0.3, -0.25) is 4.79 Å². The molecule has 0 saturated heterocycles. The second-order valence-electron chi connectivity index (χ2n) is 5.12. The molecule has 0 aliphatic heterocycles. The first-order valence-corrected chi connectivity index (χ1v) is 6.77. The van der Waals surface area contributed by atoms with Crippen LogP contribution in [0.5, 0.6) is 0 Å². The van der Waals surface area contributed by atoms with Crippen LogP contribution in [0.15, 0.2) is 0 Å². The van der Waals surface area contributed by atoms with Crippen molar-refractivity contribution in [3.05, 3.63) is 0 Å². The van der Waals surface area contributed by atoms with E-state index in [1.807, 2.05) is 25.9 Å². The summed E-state index contributed by atoms with van der Waals surface area (Å²) < 4.78 is 4.44. The summed E-state index contributed by atoms with van der Waals surface area (Å²) in [7, 11) is 5.09. The summed E-state index contributed by atoms with van der Waals surface area (Å²) in [4.78, 5) is 35.7. The van der Waals surface area contributed by atoms with Crippen molar-refractivity contribution < 1.29 is 24.2 Å². The van der Waals surface area contributed by atoms with E-state index in [9.17, 15) is 14.4 Å². The van der Waals surface area contributed by atoms with E-state index in [0.29, 0.717) is 0 Å². The van der Waals surface area contributed by atoms with Crippen LogP contribution in [0, 0.1) is 0 Å². The number of nitrogens with one attached hydrogen (secondary N) is 2. The summed E-state index contributed by atoms with van der Waals surface area (Å²) in [6.45, 7) is 2.65. The van der Waals surface area contributed by atoms with Gasteiger partial charge in [0.2, 0.25) is 0 Å². The van der Waals surface area contributed by atoms with E-state index < -0.39 is 24.0 Å². The highest BCUT2D eigenvalue weighted by molar-refractivity contribution is 5.83. The third-order valence-corrected chi connectivity index (χ3v) is 2.86. The van der Waals surface area contributed by atoms with Gasteiger partial charge in [0.15, 0.2) is 0 Å². The van der Waals surface area contributed by atoms with Crippen LogP contribution in [0.25, 0.3) is 0 Å². The molecule has 0 aromatic carbocycles. The van der Waals surface area contributed by atoms with Gasteiger partial charge in [-0.1, -0.05) is 0 Å². The highest BCUT2D eigenvalue weighted by Gasteiger charge is 2.21. The number of carboxylic acids is 1. The van der Waals surface area contributed by atoms with Crippen LogP contribution in [-0.4, -0.2) is 67.8 Å². The van der Waals surface area contributed by atoms with Crippen LogP contribution in [-0.2, 0) is 14.3 Å². The number of hydrogen-bond acceptors (Lipinski definition) is 5. The zero-order chi connectivity index (χ0) is 16.4. The molecule has 21 heavy (non-hydrogen) atoms. The summed E-state index contributed by atoms with van der Waals surface area (Å²) in [5, 5.41) is 14.0. The average molecular weight is 303 g/mol. The maximum atomic E-state index is 11.7. The van der Waals surface area contributed by atoms with Crippen molar-refractivity contribution in [2.45, 2.75) is 38.3 Å². The lowest BCUT2D eigenvalue weighted by molar-refractivity contribution is -0.142. The molecule has 8 nitrogen and oxygen atoms in total. The van der Waals surface area contributed by atoms with Gasteiger partial charge in [-0.15, -0.1) is 0 Å². The van der Waals surface area contributed by atoms with Crippen molar-refractivity contribution in [1.29, 1.82) is 0 Å².